The molecule has 3 aliphatic rings. The summed E-state index contributed by atoms with van der Waals surface area (Å²) in [5.41, 5.74) is 7.20. The number of nitrogen functional groups attached to an aromatic ring is 1. The van der Waals surface area contributed by atoms with Crippen molar-refractivity contribution in [3.63, 3.8) is 0 Å². The molecule has 0 aromatic carbocycles. The smallest absolute Gasteiger partial charge is 0.373 e. The number of carbonyl (C=O) groups excluding carboxylic acids is 2. The number of ether oxygens (including phenoxy) is 3. The Bertz CT molecular complexity index is 1020. The van der Waals surface area contributed by atoms with Gasteiger partial charge in [-0.25, -0.2) is 15.0 Å². The maximum atomic E-state index is 8.12. The summed E-state index contributed by atoms with van der Waals surface area (Å²) < 4.78 is 21.0. The average Bonchev–Trinajstić information content (AvgIpc) is 3.40. The van der Waals surface area contributed by atoms with E-state index in [1.165, 1.54) is 38.4 Å². The molecule has 4 atom stereocenters. The largest absolute Gasteiger partial charge is 0.382 e. The molecule has 0 amide bonds. The molecule has 0 unspecified atom stereocenters. The second-order valence-corrected chi connectivity index (χ2v) is 9.87. The monoisotopic (exact) mass is 474 g/mol. The molecular weight excluding hydrogens is 440 g/mol. The van der Waals surface area contributed by atoms with Gasteiger partial charge in [0.15, 0.2) is 23.5 Å². The maximum Gasteiger partial charge on any atom is 0.373 e. The van der Waals surface area contributed by atoms with Gasteiger partial charge in [0.2, 0.25) is 0 Å². The summed E-state index contributed by atoms with van der Waals surface area (Å²) in [5, 5.41) is 0. The van der Waals surface area contributed by atoms with E-state index in [4.69, 9.17) is 29.5 Å². The third-order valence-corrected chi connectivity index (χ3v) is 7.05. The highest BCUT2D eigenvalue weighted by Crippen LogP contribution is 2.44. The van der Waals surface area contributed by atoms with Gasteiger partial charge in [-0.2, -0.15) is 9.59 Å². The van der Waals surface area contributed by atoms with Crippen LogP contribution in [0.3, 0.4) is 0 Å². The minimum atomic E-state index is -0.652. The van der Waals surface area contributed by atoms with Crippen LogP contribution in [0.25, 0.3) is 11.2 Å². The molecule has 0 radical (unpaired) electrons. The molecule has 5 rings (SSSR count). The molecule has 2 aromatic rings. The molecule has 4 heterocycles. The molecule has 2 aromatic heterocycles. The lowest BCUT2D eigenvalue weighted by molar-refractivity contribution is -0.198. The van der Waals surface area contributed by atoms with E-state index in [2.05, 4.69) is 33.8 Å². The van der Waals surface area contributed by atoms with Crippen molar-refractivity contribution in [1.82, 2.24) is 24.4 Å². The Hall–Kier alpha value is -2.43. The summed E-state index contributed by atoms with van der Waals surface area (Å²) in [4.78, 5) is 31.5. The number of rotatable bonds is 7. The van der Waals surface area contributed by atoms with Crippen molar-refractivity contribution >= 4 is 23.1 Å². The van der Waals surface area contributed by atoms with E-state index in [9.17, 15) is 0 Å². The Labute approximate surface area is 199 Å². The maximum absolute atomic E-state index is 8.12. The normalized spacial score (nSPS) is 31.6. The van der Waals surface area contributed by atoms with Crippen LogP contribution in [0.5, 0.6) is 0 Å². The molecular formula is C23H34N6O5. The summed E-state index contributed by atoms with van der Waals surface area (Å²) in [6, 6.07) is 0.625. The molecule has 3 fully saturated rings. The number of fused-ring (bicyclic) bond motifs is 2. The van der Waals surface area contributed by atoms with Crippen LogP contribution >= 0.6 is 0 Å². The number of hydrogen-bond acceptors (Lipinski definition) is 10. The highest BCUT2D eigenvalue weighted by atomic mass is 16.8. The average molecular weight is 475 g/mol. The lowest BCUT2D eigenvalue weighted by Gasteiger charge is -2.42. The van der Waals surface area contributed by atoms with Crippen LogP contribution in [0, 0.1) is 5.92 Å². The van der Waals surface area contributed by atoms with Gasteiger partial charge in [0.25, 0.3) is 0 Å². The minimum absolute atomic E-state index is 0.0897. The van der Waals surface area contributed by atoms with Gasteiger partial charge in [0, 0.05) is 12.6 Å². The summed E-state index contributed by atoms with van der Waals surface area (Å²) in [6.07, 6.45) is 9.12. The Morgan fingerprint density at radius 2 is 1.91 bits per heavy atom. The van der Waals surface area contributed by atoms with Gasteiger partial charge in [-0.3, -0.25) is 4.57 Å². The third kappa shape index (κ3) is 4.85. The Morgan fingerprint density at radius 1 is 1.21 bits per heavy atom. The fourth-order valence-corrected chi connectivity index (χ4v) is 5.31. The van der Waals surface area contributed by atoms with E-state index >= 15 is 0 Å². The van der Waals surface area contributed by atoms with Crippen molar-refractivity contribution in [2.24, 2.45) is 5.92 Å². The number of aromatic nitrogens is 4. The van der Waals surface area contributed by atoms with Gasteiger partial charge in [-0.15, -0.1) is 0 Å². The number of nitrogens with zero attached hydrogens (tertiary/aromatic N) is 5. The van der Waals surface area contributed by atoms with Gasteiger partial charge in [-0.1, -0.05) is 26.2 Å². The first-order valence-corrected chi connectivity index (χ1v) is 11.9. The number of anilines is 1. The predicted molar refractivity (Wildman–Crippen MR) is 121 cm³/mol. The molecule has 1 saturated carbocycles. The summed E-state index contributed by atoms with van der Waals surface area (Å²) in [5.74, 6) is 0.589. The number of hydrogen-bond donors (Lipinski definition) is 1. The number of nitrogens with two attached hydrogens (primary N) is 1. The van der Waals surface area contributed by atoms with E-state index in [-0.39, 0.29) is 30.7 Å². The first-order chi connectivity index (χ1) is 16.3. The standard InChI is InChI=1S/C22H34N6O3.CO2/c1-5-6-7-13-8-14(9-13)27(4)10-15-17-18(31-22(2,3)30-17)21(29-15)28-12-26-16-19(23)24-11-25-20(16)28;2-1-3/h11-15,17-18,21H,5-10H2,1-4H3,(H2,23,24,25);/t13?,14?,15-,17-,18-,21-;/m1./s1. The molecule has 186 valence electrons. The Kier molecular flexibility index (Phi) is 7.30. The van der Waals surface area contributed by atoms with Crippen molar-refractivity contribution in [3.05, 3.63) is 12.7 Å². The van der Waals surface area contributed by atoms with Crippen LogP contribution in [0.2, 0.25) is 0 Å². The molecule has 0 bridgehead atoms. The zero-order chi connectivity index (χ0) is 24.5. The molecule has 2 saturated heterocycles. The summed E-state index contributed by atoms with van der Waals surface area (Å²) >= 11 is 0. The van der Waals surface area contributed by atoms with Crippen LogP contribution in [0.15, 0.2) is 12.7 Å². The van der Waals surface area contributed by atoms with Crippen molar-refractivity contribution < 1.29 is 23.8 Å². The molecule has 34 heavy (non-hydrogen) atoms. The SMILES string of the molecule is CCCCC1CC(N(C)C[C@H]2O[C@@H](n3cnc4c(N)ncnc43)[C@@H]3OC(C)(C)O[C@@H]32)C1.O=C=O. The van der Waals surface area contributed by atoms with Crippen molar-refractivity contribution in [2.45, 2.75) is 89.2 Å². The van der Waals surface area contributed by atoms with Crippen molar-refractivity contribution in [2.75, 3.05) is 19.3 Å². The highest BCUT2D eigenvalue weighted by Gasteiger charge is 2.56. The molecule has 2 aliphatic heterocycles. The van der Waals surface area contributed by atoms with E-state index in [0.29, 0.717) is 23.0 Å². The van der Waals surface area contributed by atoms with Gasteiger partial charge >= 0.3 is 6.15 Å². The molecule has 1 aliphatic carbocycles. The third-order valence-electron chi connectivity index (χ3n) is 7.05. The van der Waals surface area contributed by atoms with E-state index in [1.807, 2.05) is 18.4 Å². The Morgan fingerprint density at radius 3 is 2.62 bits per heavy atom. The zero-order valence-electron chi connectivity index (χ0n) is 20.2. The van der Waals surface area contributed by atoms with Crippen molar-refractivity contribution in [3.8, 4) is 0 Å². The minimum Gasteiger partial charge on any atom is -0.382 e. The van der Waals surface area contributed by atoms with E-state index < -0.39 is 5.79 Å². The fourth-order valence-electron chi connectivity index (χ4n) is 5.31. The van der Waals surface area contributed by atoms with Crippen LogP contribution in [-0.4, -0.2) is 74.3 Å². The van der Waals surface area contributed by atoms with Crippen LogP contribution in [0.4, 0.5) is 5.82 Å². The van der Waals surface area contributed by atoms with Gasteiger partial charge < -0.3 is 24.8 Å². The van der Waals surface area contributed by atoms with Gasteiger partial charge in [-0.05, 0) is 39.7 Å². The van der Waals surface area contributed by atoms with Gasteiger partial charge in [0.05, 0.1) is 6.33 Å². The topological polar surface area (TPSA) is 135 Å². The second-order valence-electron chi connectivity index (χ2n) is 9.87. The zero-order valence-corrected chi connectivity index (χ0v) is 20.2. The van der Waals surface area contributed by atoms with E-state index in [0.717, 1.165) is 12.5 Å². The van der Waals surface area contributed by atoms with Crippen LogP contribution in [-0.2, 0) is 23.8 Å². The molecule has 11 heteroatoms. The molecule has 11 nitrogen and oxygen atoms in total. The summed E-state index contributed by atoms with van der Waals surface area (Å²) in [6.45, 7) is 6.99. The van der Waals surface area contributed by atoms with Gasteiger partial charge in [0.1, 0.15) is 30.2 Å². The molecule has 0 spiro atoms. The second kappa shape index (κ2) is 10.1. The fraction of sp³-hybridized carbons (Fsp3) is 0.739. The molecule has 2 N–H and O–H groups in total. The Balaban J connectivity index is 0.000000868. The van der Waals surface area contributed by atoms with Crippen LogP contribution in [0.1, 0.15) is 59.1 Å². The number of unbranched alkanes of at least 4 members (excludes halogenated alkanes) is 1. The first-order valence-electron chi connectivity index (χ1n) is 11.9. The van der Waals surface area contributed by atoms with E-state index in [1.54, 1.807) is 6.33 Å². The number of likely N-dealkylation sites (N-methyl/N-ethyl adjacent to an activating group) is 1. The summed E-state index contributed by atoms with van der Waals surface area (Å²) in [7, 11) is 2.20. The lowest BCUT2D eigenvalue weighted by atomic mass is 9.76. The van der Waals surface area contributed by atoms with Crippen LogP contribution < -0.4 is 5.73 Å². The number of imidazole rings is 1. The first kappa shape index (κ1) is 24.7. The lowest BCUT2D eigenvalue weighted by Crippen LogP contribution is -2.47. The quantitative estimate of drug-likeness (QED) is 0.636. The van der Waals surface area contributed by atoms with Crippen molar-refractivity contribution in [1.29, 1.82) is 0 Å². The predicted octanol–water partition coefficient (Wildman–Crippen LogP) is 2.14. The highest BCUT2D eigenvalue weighted by molar-refractivity contribution is 5.81.